The third-order valence-corrected chi connectivity index (χ3v) is 6.51. The van der Waals surface area contributed by atoms with Crippen molar-refractivity contribution in [3.8, 4) is 24.7 Å². The minimum absolute atomic E-state index is 0.292. The number of unbranched alkanes of at least 4 members (excludes halogenated alkanes) is 17. The Morgan fingerprint density at radius 1 is 0.579 bits per heavy atom. The lowest BCUT2D eigenvalue weighted by Gasteiger charge is -2.10. The molecule has 0 radical (unpaired) electrons. The van der Waals surface area contributed by atoms with Crippen molar-refractivity contribution in [1.82, 2.24) is 0 Å². The van der Waals surface area contributed by atoms with Gasteiger partial charge in [0.15, 0.2) is 12.2 Å². The van der Waals surface area contributed by atoms with Crippen molar-refractivity contribution in [2.24, 2.45) is 0 Å². The molecular formula is C34H54O4. The molecule has 0 aliphatic rings. The summed E-state index contributed by atoms with van der Waals surface area (Å²) in [6.07, 6.45) is 42.9. The third-order valence-electron chi connectivity index (χ3n) is 6.51. The minimum atomic E-state index is -0.532. The SMILES string of the molecule is C#C[C@H](/C=C/CCCCCCCCC/C=C/CCCCCCCCCCC[C@@H](C#C)OC(C)=O)OC(C)=O. The highest BCUT2D eigenvalue weighted by Crippen LogP contribution is 2.14. The Hall–Kier alpha value is -2.46. The molecule has 0 amide bonds. The first-order valence-corrected chi connectivity index (χ1v) is 15.1. The Labute approximate surface area is 234 Å². The van der Waals surface area contributed by atoms with E-state index in [2.05, 4.69) is 24.0 Å². The third kappa shape index (κ3) is 26.6. The summed E-state index contributed by atoms with van der Waals surface area (Å²) in [6, 6.07) is 0. The number of ether oxygens (including phenoxy) is 2. The molecule has 0 saturated carbocycles. The molecule has 0 fully saturated rings. The van der Waals surface area contributed by atoms with Gasteiger partial charge in [-0.25, -0.2) is 0 Å². The average molecular weight is 527 g/mol. The Bertz CT molecular complexity index is 722. The number of carbonyl (C=O) groups excluding carboxylic acids is 2. The number of allylic oxidation sites excluding steroid dienone is 3. The molecular weight excluding hydrogens is 472 g/mol. The number of hydrogen-bond acceptors (Lipinski definition) is 4. The number of terminal acetylenes is 2. The standard InChI is InChI=1S/C34H54O4/c1-5-33(37-31(3)35)29-27-25-23-21-19-17-15-13-11-9-7-8-10-12-14-16-18-20-22-24-26-28-30-34(6-2)38-32(4)36/h1-2,7-8,27,29,33-34H,9-26,28,30H2,3-4H3/b8-7+,29-27+/t33-,34-/m1/s1. The van der Waals surface area contributed by atoms with Crippen LogP contribution in [0.3, 0.4) is 0 Å². The van der Waals surface area contributed by atoms with Crippen LogP contribution in [0.4, 0.5) is 0 Å². The van der Waals surface area contributed by atoms with E-state index >= 15 is 0 Å². The van der Waals surface area contributed by atoms with Crippen LogP contribution in [-0.4, -0.2) is 24.1 Å². The number of carbonyl (C=O) groups is 2. The molecule has 0 bridgehead atoms. The average Bonchev–Trinajstić information content (AvgIpc) is 2.89. The van der Waals surface area contributed by atoms with Crippen molar-refractivity contribution >= 4 is 11.9 Å². The van der Waals surface area contributed by atoms with E-state index in [0.29, 0.717) is 0 Å². The molecule has 4 heteroatoms. The summed E-state index contributed by atoms with van der Waals surface area (Å²) in [6.45, 7) is 2.78. The van der Waals surface area contributed by atoms with Crippen LogP contribution in [0.1, 0.15) is 142 Å². The second-order valence-corrected chi connectivity index (χ2v) is 10.2. The van der Waals surface area contributed by atoms with Crippen LogP contribution in [0.5, 0.6) is 0 Å². The van der Waals surface area contributed by atoms with E-state index in [9.17, 15) is 9.59 Å². The summed E-state index contributed by atoms with van der Waals surface area (Å²) >= 11 is 0. The molecule has 0 spiro atoms. The highest BCUT2D eigenvalue weighted by atomic mass is 16.5. The summed E-state index contributed by atoms with van der Waals surface area (Å²) in [7, 11) is 0. The Balaban J connectivity index is 3.33. The van der Waals surface area contributed by atoms with Crippen LogP contribution in [-0.2, 0) is 19.1 Å². The van der Waals surface area contributed by atoms with E-state index < -0.39 is 6.10 Å². The van der Waals surface area contributed by atoms with Gasteiger partial charge in [0.05, 0.1) is 0 Å². The molecule has 0 aliphatic heterocycles. The second-order valence-electron chi connectivity index (χ2n) is 10.2. The second kappa shape index (κ2) is 27.6. The van der Waals surface area contributed by atoms with Gasteiger partial charge in [0.25, 0.3) is 0 Å². The van der Waals surface area contributed by atoms with Crippen LogP contribution in [0.25, 0.3) is 0 Å². The van der Waals surface area contributed by atoms with Crippen LogP contribution in [0.15, 0.2) is 24.3 Å². The topological polar surface area (TPSA) is 52.6 Å². The smallest absolute Gasteiger partial charge is 0.304 e. The first-order chi connectivity index (χ1) is 18.5. The molecule has 0 aromatic carbocycles. The maximum Gasteiger partial charge on any atom is 0.304 e. The zero-order chi connectivity index (χ0) is 28.1. The zero-order valence-electron chi connectivity index (χ0n) is 24.4. The van der Waals surface area contributed by atoms with Crippen molar-refractivity contribution in [2.75, 3.05) is 0 Å². The number of esters is 2. The van der Waals surface area contributed by atoms with Gasteiger partial charge < -0.3 is 9.47 Å². The zero-order valence-corrected chi connectivity index (χ0v) is 24.4. The van der Waals surface area contributed by atoms with Gasteiger partial charge in [-0.15, -0.1) is 12.8 Å². The van der Waals surface area contributed by atoms with Crippen molar-refractivity contribution in [3.05, 3.63) is 24.3 Å². The quantitative estimate of drug-likeness (QED) is 0.0515. The largest absolute Gasteiger partial charge is 0.449 e. The predicted octanol–water partition coefficient (Wildman–Crippen LogP) is 9.03. The van der Waals surface area contributed by atoms with Gasteiger partial charge in [0.1, 0.15) is 0 Å². The monoisotopic (exact) mass is 526 g/mol. The molecule has 0 unspecified atom stereocenters. The molecule has 4 nitrogen and oxygen atoms in total. The van der Waals surface area contributed by atoms with Crippen LogP contribution < -0.4 is 0 Å². The highest BCUT2D eigenvalue weighted by molar-refractivity contribution is 5.67. The van der Waals surface area contributed by atoms with E-state index in [0.717, 1.165) is 32.1 Å². The summed E-state index contributed by atoms with van der Waals surface area (Å²) in [5, 5.41) is 0. The van der Waals surface area contributed by atoms with E-state index in [-0.39, 0.29) is 18.0 Å². The van der Waals surface area contributed by atoms with Gasteiger partial charge in [-0.05, 0) is 57.4 Å². The van der Waals surface area contributed by atoms with E-state index in [1.807, 2.05) is 6.08 Å². The normalized spacial score (nSPS) is 12.7. The highest BCUT2D eigenvalue weighted by Gasteiger charge is 2.07. The van der Waals surface area contributed by atoms with Crippen LogP contribution >= 0.6 is 0 Å². The van der Waals surface area contributed by atoms with Crippen LogP contribution in [0, 0.1) is 24.7 Å². The summed E-state index contributed by atoms with van der Waals surface area (Å²) in [5.74, 6) is 4.37. The summed E-state index contributed by atoms with van der Waals surface area (Å²) in [4.78, 5) is 21.9. The molecule has 0 N–H and O–H groups in total. The molecule has 0 heterocycles. The van der Waals surface area contributed by atoms with Gasteiger partial charge in [-0.1, -0.05) is 107 Å². The maximum absolute atomic E-state index is 10.9. The Kier molecular flexibility index (Phi) is 25.8. The van der Waals surface area contributed by atoms with Crippen molar-refractivity contribution in [3.63, 3.8) is 0 Å². The maximum atomic E-state index is 10.9. The first-order valence-electron chi connectivity index (χ1n) is 15.1. The fourth-order valence-electron chi connectivity index (χ4n) is 4.38. The van der Waals surface area contributed by atoms with Gasteiger partial charge in [0.2, 0.25) is 0 Å². The van der Waals surface area contributed by atoms with Gasteiger partial charge in [-0.3, -0.25) is 9.59 Å². The van der Waals surface area contributed by atoms with Crippen molar-refractivity contribution in [1.29, 1.82) is 0 Å². The van der Waals surface area contributed by atoms with Gasteiger partial charge in [-0.2, -0.15) is 0 Å². The molecule has 0 saturated heterocycles. The number of rotatable bonds is 25. The lowest BCUT2D eigenvalue weighted by molar-refractivity contribution is -0.144. The Morgan fingerprint density at radius 2 is 0.974 bits per heavy atom. The van der Waals surface area contributed by atoms with E-state index in [1.54, 1.807) is 6.08 Å². The first kappa shape index (κ1) is 35.5. The van der Waals surface area contributed by atoms with E-state index in [4.69, 9.17) is 22.3 Å². The molecule has 0 aromatic heterocycles. The predicted molar refractivity (Wildman–Crippen MR) is 159 cm³/mol. The number of hydrogen-bond donors (Lipinski definition) is 0. The lowest BCUT2D eigenvalue weighted by atomic mass is 10.0. The molecule has 0 aliphatic carbocycles. The van der Waals surface area contributed by atoms with Gasteiger partial charge >= 0.3 is 11.9 Å². The van der Waals surface area contributed by atoms with Crippen LogP contribution in [0.2, 0.25) is 0 Å². The Morgan fingerprint density at radius 3 is 1.37 bits per heavy atom. The van der Waals surface area contributed by atoms with Crippen molar-refractivity contribution in [2.45, 2.75) is 154 Å². The fourth-order valence-corrected chi connectivity index (χ4v) is 4.38. The summed E-state index contributed by atoms with van der Waals surface area (Å²) < 4.78 is 10.1. The van der Waals surface area contributed by atoms with Crippen molar-refractivity contribution < 1.29 is 19.1 Å². The summed E-state index contributed by atoms with van der Waals surface area (Å²) in [5.41, 5.74) is 0. The lowest BCUT2D eigenvalue weighted by Crippen LogP contribution is -2.13. The molecule has 0 aromatic rings. The minimum Gasteiger partial charge on any atom is -0.449 e. The fraction of sp³-hybridized carbons (Fsp3) is 0.706. The van der Waals surface area contributed by atoms with E-state index in [1.165, 1.54) is 110 Å². The van der Waals surface area contributed by atoms with Gasteiger partial charge in [0, 0.05) is 13.8 Å². The molecule has 38 heavy (non-hydrogen) atoms. The molecule has 214 valence electrons. The molecule has 2 atom stereocenters. The molecule has 0 rings (SSSR count).